The van der Waals surface area contributed by atoms with Crippen molar-refractivity contribution < 1.29 is 23.5 Å². The van der Waals surface area contributed by atoms with Crippen molar-refractivity contribution in [1.29, 1.82) is 0 Å². The Kier molecular flexibility index (Phi) is 9.46. The first-order valence-corrected chi connectivity index (χ1v) is 14.6. The zero-order valence-corrected chi connectivity index (χ0v) is 22.3. The molecular weight excluding hydrogens is 464 g/mol. The van der Waals surface area contributed by atoms with Gasteiger partial charge in [-0.2, -0.15) is 0 Å². The summed E-state index contributed by atoms with van der Waals surface area (Å²) >= 11 is 0. The van der Waals surface area contributed by atoms with Gasteiger partial charge in [0.1, 0.15) is 13.1 Å². The minimum absolute atomic E-state index is 0.734. The van der Waals surface area contributed by atoms with Crippen LogP contribution in [-0.2, 0) is 0 Å². The quantitative estimate of drug-likeness (QED) is 0.356. The molecule has 6 heteroatoms. The molecule has 5 rings (SSSR count). The van der Waals surface area contributed by atoms with Gasteiger partial charge in [0.15, 0.2) is 23.0 Å². The van der Waals surface area contributed by atoms with Crippen molar-refractivity contribution in [2.45, 2.75) is 77.0 Å². The van der Waals surface area contributed by atoms with Crippen LogP contribution in [0.1, 0.15) is 77.0 Å². The number of para-hydroxylation sites is 2. The molecule has 0 N–H and O–H groups in total. The molecule has 3 aliphatic heterocycles. The lowest BCUT2D eigenvalue weighted by Crippen LogP contribution is -2.20. The fourth-order valence-electron chi connectivity index (χ4n) is 5.43. The van der Waals surface area contributed by atoms with Crippen LogP contribution in [0.3, 0.4) is 0 Å². The van der Waals surface area contributed by atoms with Gasteiger partial charge in [0, 0.05) is 0 Å². The monoisotopic (exact) mass is 507 g/mol. The minimum Gasteiger partial charge on any atom is -0.489 e. The standard InChI is InChI=1S/C31H43N2O4/c1-2-6-10-22-35-27-16-14-18-29-31(27)33-20-19-32(25-33)30-26(34-21-9-5-1)15-13-17-28(30)36-23-11-7-3-4-8-12-24-37-29/h13-18,25H,1-12,19-24H2/q+1. The summed E-state index contributed by atoms with van der Waals surface area (Å²) in [5.74, 6) is 3.61. The topological polar surface area (TPSA) is 43.2 Å². The largest absolute Gasteiger partial charge is 0.489 e. The van der Waals surface area contributed by atoms with Crippen LogP contribution in [0.4, 0.5) is 11.4 Å². The van der Waals surface area contributed by atoms with E-state index < -0.39 is 0 Å². The van der Waals surface area contributed by atoms with E-state index in [1.165, 1.54) is 51.4 Å². The second kappa shape index (κ2) is 13.6. The molecule has 0 fully saturated rings. The number of ether oxygens (including phenoxy) is 4. The third kappa shape index (κ3) is 6.91. The first-order valence-electron chi connectivity index (χ1n) is 14.6. The molecule has 200 valence electrons. The van der Waals surface area contributed by atoms with Gasteiger partial charge in [-0.05, 0) is 49.9 Å². The van der Waals surface area contributed by atoms with Gasteiger partial charge in [0.05, 0.1) is 26.4 Å². The summed E-state index contributed by atoms with van der Waals surface area (Å²) in [6.45, 7) is 4.61. The molecule has 0 aliphatic carbocycles. The van der Waals surface area contributed by atoms with Gasteiger partial charge in [0.25, 0.3) is 0 Å². The van der Waals surface area contributed by atoms with Crippen molar-refractivity contribution >= 4 is 17.7 Å². The fourth-order valence-corrected chi connectivity index (χ4v) is 5.43. The van der Waals surface area contributed by atoms with Crippen molar-refractivity contribution in [1.82, 2.24) is 0 Å². The van der Waals surface area contributed by atoms with E-state index >= 15 is 0 Å². The van der Waals surface area contributed by atoms with Crippen LogP contribution in [0.5, 0.6) is 23.0 Å². The Hall–Kier alpha value is -2.89. The van der Waals surface area contributed by atoms with Crippen LogP contribution >= 0.6 is 0 Å². The van der Waals surface area contributed by atoms with Crippen LogP contribution in [0, 0.1) is 0 Å². The van der Waals surface area contributed by atoms with E-state index in [0.29, 0.717) is 0 Å². The van der Waals surface area contributed by atoms with Crippen LogP contribution in [0.2, 0.25) is 0 Å². The third-order valence-corrected chi connectivity index (χ3v) is 7.47. The van der Waals surface area contributed by atoms with E-state index in [0.717, 1.165) is 99.6 Å². The molecule has 2 aromatic carbocycles. The lowest BCUT2D eigenvalue weighted by atomic mass is 10.1. The Bertz CT molecular complexity index is 977. The number of benzene rings is 2. The Morgan fingerprint density at radius 3 is 1.41 bits per heavy atom. The predicted molar refractivity (Wildman–Crippen MR) is 148 cm³/mol. The zero-order chi connectivity index (χ0) is 25.1. The van der Waals surface area contributed by atoms with Gasteiger partial charge in [-0.25, -0.2) is 9.48 Å². The maximum Gasteiger partial charge on any atom is 0.245 e. The van der Waals surface area contributed by atoms with E-state index in [1.54, 1.807) is 0 Å². The van der Waals surface area contributed by atoms with Crippen molar-refractivity contribution in [3.8, 4) is 23.0 Å². The smallest absolute Gasteiger partial charge is 0.245 e. The average molecular weight is 508 g/mol. The molecular formula is C31H43N2O4+. The maximum atomic E-state index is 6.38. The highest BCUT2D eigenvalue weighted by atomic mass is 16.5. The normalized spacial score (nSPS) is 20.0. The molecule has 0 aromatic heterocycles. The van der Waals surface area contributed by atoms with Crippen molar-refractivity contribution in [2.75, 3.05) is 44.4 Å². The SMILES string of the molecule is C1=[N+]2CCN1c1c3cccc1OCCCCCCCCOc1cccc(c12)OCCCCCCCCO3. The van der Waals surface area contributed by atoms with Gasteiger partial charge in [-0.3, -0.25) is 0 Å². The van der Waals surface area contributed by atoms with Crippen molar-refractivity contribution in [3.63, 3.8) is 0 Å². The summed E-state index contributed by atoms with van der Waals surface area (Å²) < 4.78 is 27.8. The second-order valence-electron chi connectivity index (χ2n) is 10.3. The summed E-state index contributed by atoms with van der Waals surface area (Å²) in [5.41, 5.74) is 2.05. The number of anilines is 1. The predicted octanol–water partition coefficient (Wildman–Crippen LogP) is 7.10. The molecule has 0 spiro atoms. The minimum atomic E-state index is 0.734. The van der Waals surface area contributed by atoms with Crippen LogP contribution in [0.15, 0.2) is 36.4 Å². The van der Waals surface area contributed by atoms with Gasteiger partial charge >= 0.3 is 0 Å². The molecule has 0 atom stereocenters. The lowest BCUT2D eigenvalue weighted by molar-refractivity contribution is -0.425. The van der Waals surface area contributed by atoms with Crippen LogP contribution < -0.4 is 23.8 Å². The van der Waals surface area contributed by atoms with E-state index in [-0.39, 0.29) is 0 Å². The van der Waals surface area contributed by atoms with Gasteiger partial charge < -0.3 is 18.9 Å². The van der Waals surface area contributed by atoms with E-state index in [4.69, 9.17) is 18.9 Å². The van der Waals surface area contributed by atoms with Crippen molar-refractivity contribution in [2.24, 2.45) is 0 Å². The summed E-state index contributed by atoms with van der Waals surface area (Å²) in [6.07, 6.45) is 16.2. The third-order valence-electron chi connectivity index (χ3n) is 7.47. The highest BCUT2D eigenvalue weighted by Crippen LogP contribution is 2.42. The summed E-state index contributed by atoms with van der Waals surface area (Å²) in [6, 6.07) is 12.5. The first kappa shape index (κ1) is 25.7. The fraction of sp³-hybridized carbons (Fsp3) is 0.581. The Morgan fingerprint density at radius 1 is 0.514 bits per heavy atom. The maximum absolute atomic E-state index is 6.38. The first-order chi connectivity index (χ1) is 18.4. The number of nitrogens with zero attached hydrogens (tertiary/aromatic N) is 2. The molecule has 0 saturated heterocycles. The molecule has 4 bridgehead atoms. The van der Waals surface area contributed by atoms with E-state index in [1.807, 2.05) is 0 Å². The number of hydrogen-bond donors (Lipinski definition) is 0. The molecule has 0 unspecified atom stereocenters. The van der Waals surface area contributed by atoms with Gasteiger partial charge in [-0.15, -0.1) is 0 Å². The van der Waals surface area contributed by atoms with Gasteiger partial charge in [0.2, 0.25) is 17.7 Å². The average Bonchev–Trinajstić information content (AvgIpc) is 3.39. The highest BCUT2D eigenvalue weighted by molar-refractivity contribution is 5.85. The number of rotatable bonds is 0. The molecule has 6 nitrogen and oxygen atoms in total. The molecule has 0 amide bonds. The van der Waals surface area contributed by atoms with Crippen LogP contribution in [0.25, 0.3) is 0 Å². The van der Waals surface area contributed by atoms with Crippen LogP contribution in [-0.4, -0.2) is 50.4 Å². The molecule has 0 radical (unpaired) electrons. The molecule has 37 heavy (non-hydrogen) atoms. The summed E-state index contributed by atoms with van der Waals surface area (Å²) in [4.78, 5) is 2.28. The molecule has 3 aliphatic rings. The highest BCUT2D eigenvalue weighted by Gasteiger charge is 2.32. The van der Waals surface area contributed by atoms with E-state index in [2.05, 4.69) is 52.2 Å². The summed E-state index contributed by atoms with van der Waals surface area (Å²) in [7, 11) is 0. The zero-order valence-electron chi connectivity index (χ0n) is 22.3. The lowest BCUT2D eigenvalue weighted by Gasteiger charge is -2.17. The Labute approximate surface area is 222 Å². The molecule has 0 saturated carbocycles. The molecule has 2 aromatic rings. The number of hydrogen-bond acceptors (Lipinski definition) is 5. The second-order valence-corrected chi connectivity index (χ2v) is 10.3. The van der Waals surface area contributed by atoms with Gasteiger partial charge in [-0.1, -0.05) is 63.5 Å². The van der Waals surface area contributed by atoms with Crippen molar-refractivity contribution in [3.05, 3.63) is 36.4 Å². The Morgan fingerprint density at radius 2 is 0.919 bits per heavy atom. The summed E-state index contributed by atoms with van der Waals surface area (Å²) in [5, 5.41) is 0. The Balaban J connectivity index is 1.54. The molecule has 3 heterocycles. The van der Waals surface area contributed by atoms with E-state index in [9.17, 15) is 0 Å².